The Balaban J connectivity index is 1.49. The molecule has 1 aliphatic rings. The largest absolute Gasteiger partial charge is 0.469 e. The lowest BCUT2D eigenvalue weighted by Crippen LogP contribution is -2.40. The Hall–Kier alpha value is -2.74. The molecule has 0 atom stereocenters. The summed E-state index contributed by atoms with van der Waals surface area (Å²) in [7, 11) is 1.38. The zero-order chi connectivity index (χ0) is 19.9. The highest BCUT2D eigenvalue weighted by molar-refractivity contribution is 7.14. The number of rotatable bonds is 6. The van der Waals surface area contributed by atoms with Crippen LogP contribution in [0.2, 0.25) is 0 Å². The van der Waals surface area contributed by atoms with E-state index in [0.29, 0.717) is 49.6 Å². The van der Waals surface area contributed by atoms with E-state index >= 15 is 0 Å². The number of carbonyl (C=O) groups excluding carboxylic acids is 3. The molecule has 0 unspecified atom stereocenters. The van der Waals surface area contributed by atoms with E-state index < -0.39 is 0 Å². The minimum absolute atomic E-state index is 0.129. The summed E-state index contributed by atoms with van der Waals surface area (Å²) < 4.78 is 4.77. The summed E-state index contributed by atoms with van der Waals surface area (Å²) in [6.07, 6.45) is 2.18. The maximum absolute atomic E-state index is 12.6. The first-order valence-corrected chi connectivity index (χ1v) is 10.1. The minimum Gasteiger partial charge on any atom is -0.469 e. The molecule has 1 aromatic heterocycles. The molecule has 2 aromatic rings. The summed E-state index contributed by atoms with van der Waals surface area (Å²) in [5.74, 6) is -0.675. The third-order valence-electron chi connectivity index (χ3n) is 4.77. The van der Waals surface area contributed by atoms with Gasteiger partial charge < -0.3 is 15.0 Å². The van der Waals surface area contributed by atoms with E-state index in [2.05, 4.69) is 10.3 Å². The Morgan fingerprint density at radius 1 is 1.21 bits per heavy atom. The number of nitrogens with one attached hydrogen (secondary N) is 1. The molecule has 0 bridgehead atoms. The number of methoxy groups -OCH3 is 1. The van der Waals surface area contributed by atoms with Crippen LogP contribution in [0, 0.1) is 5.92 Å². The number of esters is 1. The first-order chi connectivity index (χ1) is 13.6. The Morgan fingerprint density at radius 2 is 1.93 bits per heavy atom. The van der Waals surface area contributed by atoms with Crippen LogP contribution in [-0.2, 0) is 20.7 Å². The van der Waals surface area contributed by atoms with Gasteiger partial charge in [0, 0.05) is 24.9 Å². The molecule has 0 saturated carbocycles. The molecule has 1 fully saturated rings. The summed E-state index contributed by atoms with van der Waals surface area (Å²) in [5.41, 5.74) is 1.42. The number of thiazole rings is 1. The number of hydrogen-bond donors (Lipinski definition) is 1. The van der Waals surface area contributed by atoms with Gasteiger partial charge in [-0.1, -0.05) is 30.3 Å². The van der Waals surface area contributed by atoms with Crippen LogP contribution in [0.4, 0.5) is 5.13 Å². The summed E-state index contributed by atoms with van der Waals surface area (Å²) in [6.45, 7) is 0.990. The molecule has 0 spiro atoms. The zero-order valence-electron chi connectivity index (χ0n) is 15.7. The number of anilines is 1. The molecule has 0 aliphatic carbocycles. The van der Waals surface area contributed by atoms with Crippen LogP contribution in [-0.4, -0.2) is 47.9 Å². The second-order valence-electron chi connectivity index (χ2n) is 6.66. The Kier molecular flexibility index (Phi) is 6.76. The van der Waals surface area contributed by atoms with Crippen LogP contribution in [0.3, 0.4) is 0 Å². The van der Waals surface area contributed by atoms with Gasteiger partial charge in [0.15, 0.2) is 5.13 Å². The predicted molar refractivity (Wildman–Crippen MR) is 106 cm³/mol. The van der Waals surface area contributed by atoms with Crippen LogP contribution < -0.4 is 5.32 Å². The Morgan fingerprint density at radius 3 is 2.61 bits per heavy atom. The van der Waals surface area contributed by atoms with Crippen molar-refractivity contribution in [1.82, 2.24) is 9.88 Å². The normalized spacial score (nSPS) is 14.5. The van der Waals surface area contributed by atoms with Crippen molar-refractivity contribution in [3.63, 3.8) is 0 Å². The van der Waals surface area contributed by atoms with Crippen molar-refractivity contribution in [2.24, 2.45) is 5.92 Å². The van der Waals surface area contributed by atoms with Gasteiger partial charge in [-0.25, -0.2) is 4.98 Å². The Labute approximate surface area is 167 Å². The summed E-state index contributed by atoms with van der Waals surface area (Å²) in [6, 6.07) is 9.79. The van der Waals surface area contributed by atoms with Crippen molar-refractivity contribution in [3.05, 3.63) is 47.0 Å². The molecule has 2 amide bonds. The van der Waals surface area contributed by atoms with Crippen molar-refractivity contribution in [3.8, 4) is 0 Å². The number of carbonyl (C=O) groups is 3. The van der Waals surface area contributed by atoms with Gasteiger partial charge in [-0.15, -0.1) is 11.3 Å². The first kappa shape index (κ1) is 20.0. The number of amides is 2. The lowest BCUT2D eigenvalue weighted by molar-refractivity contribution is -0.146. The average molecular weight is 401 g/mol. The van der Waals surface area contributed by atoms with Crippen molar-refractivity contribution in [2.75, 3.05) is 25.5 Å². The Bertz CT molecular complexity index is 829. The third-order valence-corrected chi connectivity index (χ3v) is 5.53. The fraction of sp³-hybridized carbons (Fsp3) is 0.400. The van der Waals surface area contributed by atoms with E-state index in [4.69, 9.17) is 4.74 Å². The van der Waals surface area contributed by atoms with Crippen LogP contribution in [0.1, 0.15) is 35.3 Å². The maximum Gasteiger partial charge on any atom is 0.308 e. The van der Waals surface area contributed by atoms with Gasteiger partial charge in [-0.05, 0) is 24.8 Å². The monoisotopic (exact) mass is 401 g/mol. The molecule has 0 radical (unpaired) electrons. The van der Waals surface area contributed by atoms with Gasteiger partial charge in [-0.2, -0.15) is 0 Å². The van der Waals surface area contributed by atoms with E-state index in [-0.39, 0.29) is 23.7 Å². The fourth-order valence-electron chi connectivity index (χ4n) is 3.16. The molecule has 148 valence electrons. The number of aryl methyl sites for hydroxylation is 1. The van der Waals surface area contributed by atoms with Gasteiger partial charge >= 0.3 is 5.97 Å². The predicted octanol–water partition coefficient (Wildman–Crippen LogP) is 2.74. The quantitative estimate of drug-likeness (QED) is 0.752. The highest BCUT2D eigenvalue weighted by Gasteiger charge is 2.29. The summed E-state index contributed by atoms with van der Waals surface area (Å²) >= 11 is 1.24. The highest BCUT2D eigenvalue weighted by atomic mass is 32.1. The molecule has 1 N–H and O–H groups in total. The number of nitrogens with zero attached hydrogens (tertiary/aromatic N) is 2. The molecule has 8 heteroatoms. The molecule has 3 rings (SSSR count). The van der Waals surface area contributed by atoms with Crippen molar-refractivity contribution < 1.29 is 19.1 Å². The van der Waals surface area contributed by atoms with Crippen LogP contribution in [0.15, 0.2) is 35.7 Å². The van der Waals surface area contributed by atoms with Crippen LogP contribution >= 0.6 is 11.3 Å². The molecule has 28 heavy (non-hydrogen) atoms. The van der Waals surface area contributed by atoms with Gasteiger partial charge in [0.25, 0.3) is 5.91 Å². The molecule has 1 saturated heterocycles. The van der Waals surface area contributed by atoms with E-state index in [1.165, 1.54) is 18.4 Å². The number of benzene rings is 1. The van der Waals surface area contributed by atoms with Crippen molar-refractivity contribution in [1.29, 1.82) is 0 Å². The zero-order valence-corrected chi connectivity index (χ0v) is 16.5. The summed E-state index contributed by atoms with van der Waals surface area (Å²) in [4.78, 5) is 42.2. The average Bonchev–Trinajstić information content (AvgIpc) is 3.20. The highest BCUT2D eigenvalue weighted by Crippen LogP contribution is 2.22. The summed E-state index contributed by atoms with van der Waals surface area (Å²) in [5, 5.41) is 4.83. The van der Waals surface area contributed by atoms with E-state index in [1.54, 1.807) is 10.3 Å². The molecule has 1 aliphatic heterocycles. The van der Waals surface area contributed by atoms with Gasteiger partial charge in [0.05, 0.1) is 13.0 Å². The lowest BCUT2D eigenvalue weighted by atomic mass is 9.97. The third kappa shape index (κ3) is 5.16. The first-order valence-electron chi connectivity index (χ1n) is 9.23. The number of aromatic nitrogens is 1. The number of hydrogen-bond acceptors (Lipinski definition) is 6. The van der Waals surface area contributed by atoms with E-state index in [1.807, 2.05) is 30.3 Å². The molecular weight excluding hydrogens is 378 g/mol. The van der Waals surface area contributed by atoms with E-state index in [9.17, 15) is 14.4 Å². The van der Waals surface area contributed by atoms with Crippen LogP contribution in [0.5, 0.6) is 0 Å². The van der Waals surface area contributed by atoms with Gasteiger partial charge in [0.1, 0.15) is 5.69 Å². The lowest BCUT2D eigenvalue weighted by Gasteiger charge is -2.30. The molecular formula is C20H23N3O4S. The topological polar surface area (TPSA) is 88.6 Å². The number of ether oxygens (including phenoxy) is 1. The van der Waals surface area contributed by atoms with Crippen molar-refractivity contribution >= 4 is 34.3 Å². The number of likely N-dealkylation sites (tertiary alicyclic amines) is 1. The molecule has 1 aromatic carbocycles. The smallest absolute Gasteiger partial charge is 0.308 e. The second-order valence-corrected chi connectivity index (χ2v) is 7.52. The molecule has 7 nitrogen and oxygen atoms in total. The molecule has 2 heterocycles. The minimum atomic E-state index is -0.221. The van der Waals surface area contributed by atoms with Gasteiger partial charge in [0.2, 0.25) is 5.91 Å². The standard InChI is InChI=1S/C20H23N3O4S/c1-27-19(26)15-9-11-23(12-10-15)18(25)16-13-28-20(21-16)22-17(24)8-7-14-5-3-2-4-6-14/h2-6,13,15H,7-12H2,1H3,(H,21,22,24). The SMILES string of the molecule is COC(=O)C1CCN(C(=O)c2csc(NC(=O)CCc3ccccc3)n2)CC1. The van der Waals surface area contributed by atoms with Crippen LogP contribution in [0.25, 0.3) is 0 Å². The van der Waals surface area contributed by atoms with Crippen molar-refractivity contribution in [2.45, 2.75) is 25.7 Å². The van der Waals surface area contributed by atoms with E-state index in [0.717, 1.165) is 5.56 Å². The maximum atomic E-state index is 12.6. The second kappa shape index (κ2) is 9.45. The van der Waals surface area contributed by atoms with Gasteiger partial charge in [-0.3, -0.25) is 14.4 Å². The number of piperidine rings is 1. The fourth-order valence-corrected chi connectivity index (χ4v) is 3.86.